The van der Waals surface area contributed by atoms with E-state index in [2.05, 4.69) is 22.1 Å². The van der Waals surface area contributed by atoms with E-state index >= 15 is 0 Å². The molecule has 1 aromatic rings. The Hall–Kier alpha value is -0.800. The van der Waals surface area contributed by atoms with Crippen LogP contribution in [0.5, 0.6) is 0 Å². The predicted molar refractivity (Wildman–Crippen MR) is 68.1 cm³/mol. The largest absolute Gasteiger partial charge is 0.353 e. The van der Waals surface area contributed by atoms with E-state index in [1.165, 1.54) is 12.8 Å². The van der Waals surface area contributed by atoms with Gasteiger partial charge in [0.1, 0.15) is 5.82 Å². The second-order valence-electron chi connectivity index (χ2n) is 4.36. The molecule has 0 bridgehead atoms. The van der Waals surface area contributed by atoms with Gasteiger partial charge in [-0.1, -0.05) is 11.6 Å². The highest BCUT2D eigenvalue weighted by molar-refractivity contribution is 6.33. The number of pyridine rings is 1. The van der Waals surface area contributed by atoms with Gasteiger partial charge in [-0.3, -0.25) is 0 Å². The van der Waals surface area contributed by atoms with Crippen LogP contribution >= 0.6 is 11.6 Å². The summed E-state index contributed by atoms with van der Waals surface area (Å²) in [6.45, 7) is 4.11. The molecule has 1 unspecified atom stereocenters. The lowest BCUT2D eigenvalue weighted by Crippen LogP contribution is -2.27. The molecule has 1 aliphatic rings. The van der Waals surface area contributed by atoms with Crippen molar-refractivity contribution < 1.29 is 0 Å². The normalized spacial score (nSPS) is 20.4. The third-order valence-corrected chi connectivity index (χ3v) is 3.36. The average Bonchev–Trinajstić information content (AvgIpc) is 2.65. The maximum atomic E-state index is 6.28. The first-order valence-corrected chi connectivity index (χ1v) is 6.16. The molecule has 88 valence electrons. The van der Waals surface area contributed by atoms with Crippen LogP contribution in [0.25, 0.3) is 0 Å². The molecule has 4 heteroatoms. The number of aromatic nitrogens is 1. The summed E-state index contributed by atoms with van der Waals surface area (Å²) in [6.07, 6.45) is 4.37. The van der Waals surface area contributed by atoms with Crippen LogP contribution in [0, 0.1) is 0 Å². The quantitative estimate of drug-likeness (QED) is 0.878. The minimum atomic E-state index is 0.556. The Bertz CT molecular complexity index is 367. The third-order valence-electron chi connectivity index (χ3n) is 3.08. The zero-order chi connectivity index (χ0) is 11.5. The average molecular weight is 240 g/mol. The van der Waals surface area contributed by atoms with Gasteiger partial charge in [0, 0.05) is 25.3 Å². The van der Waals surface area contributed by atoms with Crippen molar-refractivity contribution in [3.63, 3.8) is 0 Å². The fraction of sp³-hybridized carbons (Fsp3) is 0.583. The highest BCUT2D eigenvalue weighted by Gasteiger charge is 2.23. The van der Waals surface area contributed by atoms with E-state index in [0.717, 1.165) is 29.5 Å². The highest BCUT2D eigenvalue weighted by atomic mass is 35.5. The molecule has 0 aromatic carbocycles. The van der Waals surface area contributed by atoms with Crippen molar-refractivity contribution in [2.24, 2.45) is 0 Å². The Morgan fingerprint density at radius 1 is 1.62 bits per heavy atom. The summed E-state index contributed by atoms with van der Waals surface area (Å²) < 4.78 is 0. The van der Waals surface area contributed by atoms with Crippen LogP contribution < -0.4 is 10.2 Å². The van der Waals surface area contributed by atoms with Crippen LogP contribution in [0.15, 0.2) is 12.3 Å². The van der Waals surface area contributed by atoms with Crippen molar-refractivity contribution >= 4 is 17.4 Å². The summed E-state index contributed by atoms with van der Waals surface area (Å²) >= 11 is 6.28. The predicted octanol–water partition coefficient (Wildman–Crippen LogP) is 2.44. The lowest BCUT2D eigenvalue weighted by atomic mass is 10.2. The highest BCUT2D eigenvalue weighted by Crippen LogP contribution is 2.30. The summed E-state index contributed by atoms with van der Waals surface area (Å²) in [5, 5.41) is 3.86. The van der Waals surface area contributed by atoms with Gasteiger partial charge < -0.3 is 10.2 Å². The van der Waals surface area contributed by atoms with E-state index in [1.54, 1.807) is 0 Å². The molecule has 0 radical (unpaired) electrons. The Balaban J connectivity index is 2.21. The topological polar surface area (TPSA) is 28.2 Å². The van der Waals surface area contributed by atoms with Gasteiger partial charge in [0.15, 0.2) is 0 Å². The molecule has 2 heterocycles. The molecule has 1 aliphatic heterocycles. The molecule has 16 heavy (non-hydrogen) atoms. The number of hydrogen-bond acceptors (Lipinski definition) is 3. The molecule has 0 saturated carbocycles. The molecule has 1 saturated heterocycles. The van der Waals surface area contributed by atoms with E-state index in [1.807, 2.05) is 19.3 Å². The Morgan fingerprint density at radius 2 is 2.44 bits per heavy atom. The first-order chi connectivity index (χ1) is 7.72. The second-order valence-corrected chi connectivity index (χ2v) is 4.77. The van der Waals surface area contributed by atoms with Crippen LogP contribution in [0.2, 0.25) is 5.02 Å². The maximum Gasteiger partial charge on any atom is 0.147 e. The summed E-state index contributed by atoms with van der Waals surface area (Å²) in [6, 6.07) is 2.56. The van der Waals surface area contributed by atoms with E-state index in [0.29, 0.717) is 6.04 Å². The first kappa shape index (κ1) is 11.7. The van der Waals surface area contributed by atoms with Crippen molar-refractivity contribution in [3.8, 4) is 0 Å². The van der Waals surface area contributed by atoms with Gasteiger partial charge in [0.25, 0.3) is 0 Å². The summed E-state index contributed by atoms with van der Waals surface area (Å²) in [4.78, 5) is 6.78. The van der Waals surface area contributed by atoms with Crippen molar-refractivity contribution in [2.75, 3.05) is 18.5 Å². The van der Waals surface area contributed by atoms with Gasteiger partial charge >= 0.3 is 0 Å². The molecule has 1 aromatic heterocycles. The number of hydrogen-bond donors (Lipinski definition) is 1. The van der Waals surface area contributed by atoms with Crippen LogP contribution in [-0.2, 0) is 6.54 Å². The van der Waals surface area contributed by atoms with E-state index in [9.17, 15) is 0 Å². The molecule has 1 N–H and O–H groups in total. The zero-order valence-corrected chi connectivity index (χ0v) is 10.6. The minimum absolute atomic E-state index is 0.556. The Kier molecular flexibility index (Phi) is 3.66. The fourth-order valence-corrected chi connectivity index (χ4v) is 2.53. The van der Waals surface area contributed by atoms with Crippen LogP contribution in [-0.4, -0.2) is 24.6 Å². The SMILES string of the molecule is CNCc1cnc(N2CCCC2C)c(Cl)c1. The number of nitrogens with zero attached hydrogens (tertiary/aromatic N) is 2. The second kappa shape index (κ2) is 5.02. The monoisotopic (exact) mass is 239 g/mol. The number of anilines is 1. The summed E-state index contributed by atoms with van der Waals surface area (Å²) in [5.41, 5.74) is 1.13. The van der Waals surface area contributed by atoms with Gasteiger partial charge in [0.05, 0.1) is 5.02 Å². The minimum Gasteiger partial charge on any atom is -0.353 e. The molecular weight excluding hydrogens is 222 g/mol. The molecule has 0 amide bonds. The third kappa shape index (κ3) is 2.30. The maximum absolute atomic E-state index is 6.28. The van der Waals surface area contributed by atoms with E-state index in [4.69, 9.17) is 11.6 Å². The van der Waals surface area contributed by atoms with Gasteiger partial charge in [-0.15, -0.1) is 0 Å². The molecule has 0 aliphatic carbocycles. The van der Waals surface area contributed by atoms with Gasteiger partial charge in [-0.25, -0.2) is 4.98 Å². The molecular formula is C12H18ClN3. The first-order valence-electron chi connectivity index (χ1n) is 5.78. The summed E-state index contributed by atoms with van der Waals surface area (Å²) in [5.74, 6) is 0.937. The standard InChI is InChI=1S/C12H18ClN3/c1-9-4-3-5-16(9)12-11(13)6-10(7-14-2)8-15-12/h6,8-9,14H,3-5,7H2,1-2H3. The molecule has 1 atom stereocenters. The van der Waals surface area contributed by atoms with E-state index < -0.39 is 0 Å². The molecule has 3 nitrogen and oxygen atoms in total. The van der Waals surface area contributed by atoms with Gasteiger partial charge in [-0.2, -0.15) is 0 Å². The van der Waals surface area contributed by atoms with Crippen molar-refractivity contribution in [3.05, 3.63) is 22.8 Å². The number of rotatable bonds is 3. The van der Waals surface area contributed by atoms with Crippen molar-refractivity contribution in [1.82, 2.24) is 10.3 Å². The lowest BCUT2D eigenvalue weighted by molar-refractivity contribution is 0.726. The van der Waals surface area contributed by atoms with Crippen LogP contribution in [0.3, 0.4) is 0 Å². The number of nitrogens with one attached hydrogen (secondary N) is 1. The van der Waals surface area contributed by atoms with Gasteiger partial charge in [-0.05, 0) is 38.4 Å². The lowest BCUT2D eigenvalue weighted by Gasteiger charge is -2.23. The Labute approximate surface area is 102 Å². The molecule has 0 spiro atoms. The van der Waals surface area contributed by atoms with Crippen LogP contribution in [0.4, 0.5) is 5.82 Å². The zero-order valence-electron chi connectivity index (χ0n) is 9.83. The van der Waals surface area contributed by atoms with Crippen LogP contribution in [0.1, 0.15) is 25.3 Å². The molecule has 1 fully saturated rings. The Morgan fingerprint density at radius 3 is 3.00 bits per heavy atom. The summed E-state index contributed by atoms with van der Waals surface area (Å²) in [7, 11) is 1.92. The van der Waals surface area contributed by atoms with E-state index in [-0.39, 0.29) is 0 Å². The van der Waals surface area contributed by atoms with Gasteiger partial charge in [0.2, 0.25) is 0 Å². The van der Waals surface area contributed by atoms with Crippen molar-refractivity contribution in [2.45, 2.75) is 32.4 Å². The fourth-order valence-electron chi connectivity index (χ4n) is 2.23. The van der Waals surface area contributed by atoms with Crippen molar-refractivity contribution in [1.29, 1.82) is 0 Å². The molecule has 2 rings (SSSR count). The smallest absolute Gasteiger partial charge is 0.147 e. The number of halogens is 1.